The van der Waals surface area contributed by atoms with Crippen molar-refractivity contribution in [3.8, 4) is 11.5 Å². The highest BCUT2D eigenvalue weighted by atomic mass is 35.5. The molecule has 5 heteroatoms. The van der Waals surface area contributed by atoms with Crippen LogP contribution >= 0.6 is 23.2 Å². The van der Waals surface area contributed by atoms with E-state index in [2.05, 4.69) is 30.4 Å². The Balaban J connectivity index is 1.69. The summed E-state index contributed by atoms with van der Waals surface area (Å²) in [5.41, 5.74) is 4.29. The molecule has 0 atom stereocenters. The van der Waals surface area contributed by atoms with Gasteiger partial charge in [0.05, 0.1) is 6.61 Å². The van der Waals surface area contributed by atoms with Crippen LogP contribution in [0.3, 0.4) is 0 Å². The molecule has 28 heavy (non-hydrogen) atoms. The van der Waals surface area contributed by atoms with E-state index in [1.54, 1.807) is 6.07 Å². The number of hydrogen-bond acceptors (Lipinski definition) is 3. The van der Waals surface area contributed by atoms with Crippen LogP contribution in [-0.4, -0.2) is 6.61 Å². The maximum Gasteiger partial charge on any atom is 0.161 e. The Morgan fingerprint density at radius 1 is 0.821 bits per heavy atom. The van der Waals surface area contributed by atoms with Gasteiger partial charge in [-0.15, -0.1) is 0 Å². The molecular weight excluding hydrogens is 393 g/mol. The predicted molar refractivity (Wildman–Crippen MR) is 117 cm³/mol. The summed E-state index contributed by atoms with van der Waals surface area (Å²) in [5, 5.41) is 4.53. The van der Waals surface area contributed by atoms with Crippen LogP contribution in [0.2, 0.25) is 10.0 Å². The molecule has 0 aliphatic carbocycles. The van der Waals surface area contributed by atoms with Gasteiger partial charge >= 0.3 is 0 Å². The number of anilines is 1. The normalized spacial score (nSPS) is 10.6. The van der Waals surface area contributed by atoms with E-state index in [1.165, 1.54) is 5.56 Å². The Labute approximate surface area is 176 Å². The number of aryl methyl sites for hydroxylation is 1. The lowest BCUT2D eigenvalue weighted by atomic mass is 10.1. The maximum atomic E-state index is 6.05. The average molecular weight is 416 g/mol. The lowest BCUT2D eigenvalue weighted by molar-refractivity contribution is 0.269. The summed E-state index contributed by atoms with van der Waals surface area (Å²) in [4.78, 5) is 0. The minimum atomic E-state index is 0.500. The molecule has 0 unspecified atom stereocenters. The number of hydrogen-bond donors (Lipinski definition) is 1. The van der Waals surface area contributed by atoms with Gasteiger partial charge in [0.1, 0.15) is 6.61 Å². The smallest absolute Gasteiger partial charge is 0.161 e. The zero-order valence-corrected chi connectivity index (χ0v) is 17.5. The van der Waals surface area contributed by atoms with E-state index in [4.69, 9.17) is 32.7 Å². The fourth-order valence-electron chi connectivity index (χ4n) is 2.87. The molecule has 3 aromatic carbocycles. The molecule has 0 aliphatic heterocycles. The number of benzene rings is 3. The zero-order chi connectivity index (χ0) is 19.9. The molecule has 0 radical (unpaired) electrons. The molecule has 1 N–H and O–H groups in total. The summed E-state index contributed by atoms with van der Waals surface area (Å²) in [5.74, 6) is 1.47. The second kappa shape index (κ2) is 9.72. The maximum absolute atomic E-state index is 6.05. The van der Waals surface area contributed by atoms with Crippen LogP contribution < -0.4 is 14.8 Å². The molecular formula is C23H23Cl2NO2. The van der Waals surface area contributed by atoms with Gasteiger partial charge in [-0.05, 0) is 55.3 Å². The molecule has 3 rings (SSSR count). The fourth-order valence-corrected chi connectivity index (χ4v) is 3.40. The summed E-state index contributed by atoms with van der Waals surface area (Å²) in [7, 11) is 0. The molecule has 3 nitrogen and oxygen atoms in total. The summed E-state index contributed by atoms with van der Waals surface area (Å²) in [6.07, 6.45) is 0. The van der Waals surface area contributed by atoms with Crippen molar-refractivity contribution in [2.24, 2.45) is 0 Å². The molecule has 0 saturated heterocycles. The monoisotopic (exact) mass is 415 g/mol. The Hall–Kier alpha value is -2.36. The molecule has 0 aliphatic rings. The number of ether oxygens (including phenoxy) is 2. The van der Waals surface area contributed by atoms with Gasteiger partial charge in [0.2, 0.25) is 0 Å². The van der Waals surface area contributed by atoms with Crippen LogP contribution in [0.15, 0.2) is 60.7 Å². The van der Waals surface area contributed by atoms with Crippen LogP contribution in [0, 0.1) is 6.92 Å². The first-order chi connectivity index (χ1) is 13.5. The van der Waals surface area contributed by atoms with Crippen molar-refractivity contribution >= 4 is 28.9 Å². The van der Waals surface area contributed by atoms with Crippen LogP contribution in [0.1, 0.15) is 23.6 Å². The second-order valence-electron chi connectivity index (χ2n) is 6.50. The van der Waals surface area contributed by atoms with Gasteiger partial charge in [0, 0.05) is 22.3 Å². The standard InChI is InChI=1S/C23H23Cl2NO2/c1-3-27-23-10-17(14-26-21-12-19(24)11-20(25)13-21)7-8-22(23)28-15-18-6-4-5-16(2)9-18/h4-13,26H,3,14-15H2,1-2H3. The van der Waals surface area contributed by atoms with Crippen molar-refractivity contribution < 1.29 is 9.47 Å². The Morgan fingerprint density at radius 2 is 1.61 bits per heavy atom. The molecule has 0 saturated carbocycles. The molecule has 0 fully saturated rings. The van der Waals surface area contributed by atoms with Gasteiger partial charge in [-0.2, -0.15) is 0 Å². The Bertz CT molecular complexity index is 923. The third-order valence-electron chi connectivity index (χ3n) is 4.14. The SMILES string of the molecule is CCOc1cc(CNc2cc(Cl)cc(Cl)c2)ccc1OCc1cccc(C)c1. The highest BCUT2D eigenvalue weighted by Crippen LogP contribution is 2.30. The first-order valence-electron chi connectivity index (χ1n) is 9.17. The van der Waals surface area contributed by atoms with Gasteiger partial charge in [-0.25, -0.2) is 0 Å². The third kappa shape index (κ3) is 5.82. The lowest BCUT2D eigenvalue weighted by Crippen LogP contribution is -2.03. The van der Waals surface area contributed by atoms with E-state index >= 15 is 0 Å². The Morgan fingerprint density at radius 3 is 2.32 bits per heavy atom. The summed E-state index contributed by atoms with van der Waals surface area (Å²) < 4.78 is 11.8. The van der Waals surface area contributed by atoms with Gasteiger partial charge in [-0.1, -0.05) is 59.1 Å². The molecule has 0 aromatic heterocycles. The van der Waals surface area contributed by atoms with Gasteiger partial charge < -0.3 is 14.8 Å². The second-order valence-corrected chi connectivity index (χ2v) is 7.38. The predicted octanol–water partition coefficient (Wildman–Crippen LogP) is 6.89. The first-order valence-corrected chi connectivity index (χ1v) is 9.93. The minimum absolute atomic E-state index is 0.500. The molecule has 3 aromatic rings. The minimum Gasteiger partial charge on any atom is -0.490 e. The van der Waals surface area contributed by atoms with Crippen molar-refractivity contribution in [3.05, 3.63) is 87.4 Å². The quantitative estimate of drug-likeness (QED) is 0.434. The van der Waals surface area contributed by atoms with Gasteiger partial charge in [-0.3, -0.25) is 0 Å². The average Bonchev–Trinajstić information content (AvgIpc) is 2.65. The fraction of sp³-hybridized carbons (Fsp3) is 0.217. The van der Waals surface area contributed by atoms with Crippen LogP contribution in [0.5, 0.6) is 11.5 Å². The Kier molecular flexibility index (Phi) is 7.07. The van der Waals surface area contributed by atoms with Gasteiger partial charge in [0.25, 0.3) is 0 Å². The van der Waals surface area contributed by atoms with Crippen molar-refractivity contribution in [1.82, 2.24) is 0 Å². The van der Waals surface area contributed by atoms with Crippen LogP contribution in [-0.2, 0) is 13.2 Å². The number of halogens is 2. The lowest BCUT2D eigenvalue weighted by Gasteiger charge is -2.14. The molecule has 0 bridgehead atoms. The number of rotatable bonds is 8. The third-order valence-corrected chi connectivity index (χ3v) is 4.58. The molecule has 0 amide bonds. The van der Waals surface area contributed by atoms with E-state index in [0.29, 0.717) is 29.8 Å². The molecule has 0 heterocycles. The summed E-state index contributed by atoms with van der Waals surface area (Å²) >= 11 is 12.1. The van der Waals surface area contributed by atoms with E-state index in [9.17, 15) is 0 Å². The van der Waals surface area contributed by atoms with Crippen molar-refractivity contribution in [3.63, 3.8) is 0 Å². The van der Waals surface area contributed by atoms with E-state index in [1.807, 2.05) is 43.3 Å². The van der Waals surface area contributed by atoms with Crippen molar-refractivity contribution in [2.75, 3.05) is 11.9 Å². The van der Waals surface area contributed by atoms with Crippen LogP contribution in [0.4, 0.5) is 5.69 Å². The van der Waals surface area contributed by atoms with Gasteiger partial charge in [0.15, 0.2) is 11.5 Å². The summed E-state index contributed by atoms with van der Waals surface area (Å²) in [6.45, 7) is 5.73. The zero-order valence-electron chi connectivity index (χ0n) is 16.0. The van der Waals surface area contributed by atoms with Crippen molar-refractivity contribution in [1.29, 1.82) is 0 Å². The summed E-state index contributed by atoms with van der Waals surface area (Å²) in [6, 6.07) is 19.6. The van der Waals surface area contributed by atoms with E-state index in [0.717, 1.165) is 28.3 Å². The van der Waals surface area contributed by atoms with Crippen molar-refractivity contribution in [2.45, 2.75) is 27.0 Å². The largest absolute Gasteiger partial charge is 0.490 e. The topological polar surface area (TPSA) is 30.5 Å². The molecule has 146 valence electrons. The first kappa shape index (κ1) is 20.4. The number of nitrogens with one attached hydrogen (secondary N) is 1. The van der Waals surface area contributed by atoms with E-state index in [-0.39, 0.29) is 0 Å². The highest BCUT2D eigenvalue weighted by Gasteiger charge is 2.08. The van der Waals surface area contributed by atoms with E-state index < -0.39 is 0 Å². The highest BCUT2D eigenvalue weighted by molar-refractivity contribution is 6.35. The molecule has 0 spiro atoms. The van der Waals surface area contributed by atoms with Crippen LogP contribution in [0.25, 0.3) is 0 Å².